The fraction of sp³-hybridized carbons (Fsp3) is 0.500. The molecule has 3 N–H and O–H groups in total. The van der Waals surface area contributed by atoms with Gasteiger partial charge < -0.3 is 11.1 Å². The molecule has 0 aliphatic heterocycles. The van der Waals surface area contributed by atoms with Crippen molar-refractivity contribution >= 4 is 5.91 Å². The Morgan fingerprint density at radius 1 is 1.37 bits per heavy atom. The van der Waals surface area contributed by atoms with E-state index in [-0.39, 0.29) is 24.3 Å². The Balaban J connectivity index is 2.59. The molecule has 0 fully saturated rings. The summed E-state index contributed by atoms with van der Waals surface area (Å²) in [5.41, 5.74) is 7.09. The van der Waals surface area contributed by atoms with Gasteiger partial charge in [-0.1, -0.05) is 6.07 Å². The lowest BCUT2D eigenvalue weighted by Gasteiger charge is -2.18. The van der Waals surface area contributed by atoms with Gasteiger partial charge in [0, 0.05) is 19.1 Å². The van der Waals surface area contributed by atoms with Crippen LogP contribution in [0.15, 0.2) is 18.2 Å². The molecule has 1 rings (SSSR count). The second-order valence-electron chi connectivity index (χ2n) is 5.07. The van der Waals surface area contributed by atoms with E-state index < -0.39 is 0 Å². The largest absolute Gasteiger partial charge is 0.353 e. The predicted octanol–water partition coefficient (Wildman–Crippen LogP) is 1.24. The first kappa shape index (κ1) is 15.6. The molecular weight excluding hydrogens is 245 g/mol. The number of hydrogen-bond acceptors (Lipinski definition) is 3. The predicted molar refractivity (Wildman–Crippen MR) is 73.9 cm³/mol. The summed E-state index contributed by atoms with van der Waals surface area (Å²) in [6.45, 7) is 4.93. The first-order chi connectivity index (χ1) is 8.90. The van der Waals surface area contributed by atoms with Gasteiger partial charge >= 0.3 is 0 Å². The van der Waals surface area contributed by atoms with Gasteiger partial charge in [0.15, 0.2) is 0 Å². The van der Waals surface area contributed by atoms with E-state index >= 15 is 0 Å². The third-order valence-electron chi connectivity index (χ3n) is 2.57. The van der Waals surface area contributed by atoms with Crippen LogP contribution in [-0.2, 0) is 17.9 Å². The summed E-state index contributed by atoms with van der Waals surface area (Å²) in [6, 6.07) is 4.88. The number of benzene rings is 1. The Bertz CT molecular complexity index is 435. The van der Waals surface area contributed by atoms with Crippen molar-refractivity contribution in [3.05, 3.63) is 35.1 Å². The van der Waals surface area contributed by atoms with Crippen molar-refractivity contribution in [2.75, 3.05) is 13.6 Å². The van der Waals surface area contributed by atoms with Gasteiger partial charge in [-0.05, 0) is 44.2 Å². The number of nitrogens with one attached hydrogen (secondary N) is 1. The van der Waals surface area contributed by atoms with Crippen LogP contribution in [0.3, 0.4) is 0 Å². The number of likely N-dealkylation sites (N-methyl/N-ethyl adjacent to an activating group) is 1. The van der Waals surface area contributed by atoms with Crippen molar-refractivity contribution in [1.82, 2.24) is 10.2 Å². The quantitative estimate of drug-likeness (QED) is 0.815. The second kappa shape index (κ2) is 7.21. The lowest BCUT2D eigenvalue weighted by atomic mass is 10.1. The number of carbonyl (C=O) groups excluding carboxylic acids is 1. The summed E-state index contributed by atoms with van der Waals surface area (Å²) in [5.74, 6) is -0.328. The highest BCUT2D eigenvalue weighted by Gasteiger charge is 2.09. The monoisotopic (exact) mass is 267 g/mol. The summed E-state index contributed by atoms with van der Waals surface area (Å²) < 4.78 is 13.3. The first-order valence-electron chi connectivity index (χ1n) is 6.37. The summed E-state index contributed by atoms with van der Waals surface area (Å²) in [4.78, 5) is 13.4. The van der Waals surface area contributed by atoms with Gasteiger partial charge in [-0.25, -0.2) is 4.39 Å². The second-order valence-corrected chi connectivity index (χ2v) is 5.07. The summed E-state index contributed by atoms with van der Waals surface area (Å²) in [7, 11) is 1.83. The van der Waals surface area contributed by atoms with Crippen LogP contribution in [-0.4, -0.2) is 30.4 Å². The normalized spacial score (nSPS) is 11.1. The first-order valence-corrected chi connectivity index (χ1v) is 6.37. The molecule has 19 heavy (non-hydrogen) atoms. The summed E-state index contributed by atoms with van der Waals surface area (Å²) in [5, 5.41) is 2.82. The minimum Gasteiger partial charge on any atom is -0.353 e. The van der Waals surface area contributed by atoms with Crippen LogP contribution in [0, 0.1) is 5.82 Å². The molecule has 1 amide bonds. The SMILES string of the molecule is CC(C)NC(=O)CN(C)Cc1cc(F)cc(CN)c1. The lowest BCUT2D eigenvalue weighted by Crippen LogP contribution is -2.38. The Labute approximate surface area is 113 Å². The smallest absolute Gasteiger partial charge is 0.234 e. The van der Waals surface area contributed by atoms with Gasteiger partial charge in [0.2, 0.25) is 5.91 Å². The molecular formula is C14H22FN3O. The number of rotatable bonds is 6. The maximum Gasteiger partial charge on any atom is 0.234 e. The molecule has 0 saturated heterocycles. The van der Waals surface area contributed by atoms with Crippen LogP contribution in [0.1, 0.15) is 25.0 Å². The van der Waals surface area contributed by atoms with E-state index in [1.54, 1.807) is 0 Å². The van der Waals surface area contributed by atoms with Crippen LogP contribution < -0.4 is 11.1 Å². The molecule has 0 heterocycles. The molecule has 0 saturated carbocycles. The maximum atomic E-state index is 13.3. The molecule has 0 bridgehead atoms. The number of amides is 1. The standard InChI is InChI=1S/C14H22FN3O/c1-10(2)17-14(19)9-18(3)8-12-4-11(7-16)5-13(15)6-12/h4-6,10H,7-9,16H2,1-3H3,(H,17,19). The lowest BCUT2D eigenvalue weighted by molar-refractivity contribution is -0.122. The topological polar surface area (TPSA) is 58.4 Å². The van der Waals surface area contributed by atoms with E-state index in [0.717, 1.165) is 11.1 Å². The minimum absolute atomic E-state index is 0.0343. The van der Waals surface area contributed by atoms with Gasteiger partial charge in [-0.3, -0.25) is 9.69 Å². The number of nitrogens with zero attached hydrogens (tertiary/aromatic N) is 1. The fourth-order valence-electron chi connectivity index (χ4n) is 1.91. The zero-order valence-electron chi connectivity index (χ0n) is 11.7. The van der Waals surface area contributed by atoms with Crippen molar-refractivity contribution < 1.29 is 9.18 Å². The molecule has 4 nitrogen and oxygen atoms in total. The number of carbonyl (C=O) groups is 1. The van der Waals surface area contributed by atoms with Gasteiger partial charge in [0.25, 0.3) is 0 Å². The molecule has 0 aromatic heterocycles. The van der Waals surface area contributed by atoms with Crippen molar-refractivity contribution in [3.63, 3.8) is 0 Å². The van der Waals surface area contributed by atoms with Gasteiger partial charge in [0.1, 0.15) is 5.82 Å². The molecule has 1 aromatic carbocycles. The van der Waals surface area contributed by atoms with Crippen LogP contribution in [0.4, 0.5) is 4.39 Å². The van der Waals surface area contributed by atoms with Crippen molar-refractivity contribution in [2.24, 2.45) is 5.73 Å². The van der Waals surface area contributed by atoms with Crippen molar-refractivity contribution in [2.45, 2.75) is 33.0 Å². The number of nitrogens with two attached hydrogens (primary N) is 1. The van der Waals surface area contributed by atoms with Gasteiger partial charge in [-0.15, -0.1) is 0 Å². The average Bonchev–Trinajstić information content (AvgIpc) is 2.26. The third-order valence-corrected chi connectivity index (χ3v) is 2.57. The molecule has 0 atom stereocenters. The molecule has 0 unspecified atom stereocenters. The number of hydrogen-bond donors (Lipinski definition) is 2. The number of halogens is 1. The molecule has 0 aliphatic rings. The summed E-state index contributed by atoms with van der Waals surface area (Å²) >= 11 is 0. The van der Waals surface area contributed by atoms with Crippen LogP contribution in [0.2, 0.25) is 0 Å². The van der Waals surface area contributed by atoms with E-state index in [2.05, 4.69) is 5.32 Å². The van der Waals surface area contributed by atoms with Crippen LogP contribution >= 0.6 is 0 Å². The Hall–Kier alpha value is -1.46. The highest BCUT2D eigenvalue weighted by atomic mass is 19.1. The molecule has 106 valence electrons. The molecule has 5 heteroatoms. The average molecular weight is 267 g/mol. The van der Waals surface area contributed by atoms with E-state index in [1.807, 2.05) is 31.9 Å². The van der Waals surface area contributed by atoms with E-state index in [9.17, 15) is 9.18 Å². The Morgan fingerprint density at radius 2 is 2.00 bits per heavy atom. The molecule has 0 spiro atoms. The van der Waals surface area contributed by atoms with Crippen molar-refractivity contribution in [3.8, 4) is 0 Å². The third kappa shape index (κ3) is 5.81. The van der Waals surface area contributed by atoms with E-state index in [1.165, 1.54) is 12.1 Å². The summed E-state index contributed by atoms with van der Waals surface area (Å²) in [6.07, 6.45) is 0. The van der Waals surface area contributed by atoms with Crippen LogP contribution in [0.25, 0.3) is 0 Å². The highest BCUT2D eigenvalue weighted by Crippen LogP contribution is 2.10. The molecule has 0 aliphatic carbocycles. The van der Waals surface area contributed by atoms with Gasteiger partial charge in [0.05, 0.1) is 6.54 Å². The Kier molecular flexibility index (Phi) is 5.92. The fourth-order valence-corrected chi connectivity index (χ4v) is 1.91. The minimum atomic E-state index is -0.294. The van der Waals surface area contributed by atoms with E-state index in [4.69, 9.17) is 5.73 Å². The van der Waals surface area contributed by atoms with Crippen molar-refractivity contribution in [1.29, 1.82) is 0 Å². The van der Waals surface area contributed by atoms with E-state index in [0.29, 0.717) is 13.1 Å². The molecule has 1 aromatic rings. The Morgan fingerprint density at radius 3 is 2.58 bits per heavy atom. The maximum absolute atomic E-state index is 13.3. The highest BCUT2D eigenvalue weighted by molar-refractivity contribution is 5.78. The zero-order valence-corrected chi connectivity index (χ0v) is 11.7. The zero-order chi connectivity index (χ0) is 14.4. The molecule has 0 radical (unpaired) electrons. The van der Waals surface area contributed by atoms with Gasteiger partial charge in [-0.2, -0.15) is 0 Å². The van der Waals surface area contributed by atoms with Crippen LogP contribution in [0.5, 0.6) is 0 Å².